The van der Waals surface area contributed by atoms with Gasteiger partial charge in [0.25, 0.3) is 0 Å². The van der Waals surface area contributed by atoms with E-state index in [-0.39, 0.29) is 0 Å². The highest BCUT2D eigenvalue weighted by atomic mass is 16.5. The minimum atomic E-state index is 0.704. The summed E-state index contributed by atoms with van der Waals surface area (Å²) >= 11 is 0. The van der Waals surface area contributed by atoms with Crippen molar-refractivity contribution < 1.29 is 4.74 Å². The van der Waals surface area contributed by atoms with Crippen molar-refractivity contribution in [3.63, 3.8) is 0 Å². The van der Waals surface area contributed by atoms with Crippen LogP contribution in [0, 0.1) is 6.92 Å². The molecule has 0 saturated carbocycles. The van der Waals surface area contributed by atoms with Crippen LogP contribution in [0.1, 0.15) is 12.6 Å². The number of hydrogen-bond acceptors (Lipinski definition) is 1. The first-order valence-corrected chi connectivity index (χ1v) is 5.58. The molecule has 0 atom stereocenters. The third kappa shape index (κ3) is 1.96. The molecule has 0 N–H and O–H groups in total. The molecule has 2 heteroatoms. The first kappa shape index (κ1) is 10.8. The van der Waals surface area contributed by atoms with Crippen LogP contribution >= 0.6 is 0 Å². The molecule has 0 amide bonds. The van der Waals surface area contributed by atoms with Gasteiger partial charge in [-0.05, 0) is 38.1 Å². The molecular weight excluding hydrogens is 198 g/mol. The molecule has 2 rings (SSSR count). The predicted octanol–water partition coefficient (Wildman–Crippen LogP) is 3.40. The van der Waals surface area contributed by atoms with Gasteiger partial charge in [0.2, 0.25) is 0 Å². The Kier molecular flexibility index (Phi) is 3.00. The van der Waals surface area contributed by atoms with Crippen molar-refractivity contribution in [2.45, 2.75) is 13.8 Å². The zero-order valence-electron chi connectivity index (χ0n) is 10.0. The number of aromatic nitrogens is 1. The van der Waals surface area contributed by atoms with E-state index in [4.69, 9.17) is 4.74 Å². The number of nitrogens with zero attached hydrogens (tertiary/aromatic N) is 1. The van der Waals surface area contributed by atoms with Crippen molar-refractivity contribution >= 4 is 0 Å². The minimum absolute atomic E-state index is 0.704. The number of rotatable bonds is 3. The summed E-state index contributed by atoms with van der Waals surface area (Å²) in [5.74, 6) is 0.929. The lowest BCUT2D eigenvalue weighted by Crippen LogP contribution is -1.95. The maximum atomic E-state index is 5.51. The van der Waals surface area contributed by atoms with E-state index in [2.05, 4.69) is 42.8 Å². The van der Waals surface area contributed by atoms with Gasteiger partial charge in [0.05, 0.1) is 6.61 Å². The lowest BCUT2D eigenvalue weighted by molar-refractivity contribution is 0.340. The summed E-state index contributed by atoms with van der Waals surface area (Å²) in [4.78, 5) is 0. The summed E-state index contributed by atoms with van der Waals surface area (Å²) in [5.41, 5.74) is 3.68. The van der Waals surface area contributed by atoms with Gasteiger partial charge in [0.15, 0.2) is 0 Å². The van der Waals surface area contributed by atoms with Crippen molar-refractivity contribution in [3.8, 4) is 17.0 Å². The second kappa shape index (κ2) is 4.44. The zero-order valence-corrected chi connectivity index (χ0v) is 10.0. The Morgan fingerprint density at radius 3 is 2.62 bits per heavy atom. The summed E-state index contributed by atoms with van der Waals surface area (Å²) in [5, 5.41) is 0. The average Bonchev–Trinajstić information content (AvgIpc) is 2.61. The highest BCUT2D eigenvalue weighted by Gasteiger charge is 2.04. The molecule has 0 saturated heterocycles. The van der Waals surface area contributed by atoms with Crippen molar-refractivity contribution in [1.82, 2.24) is 4.57 Å². The summed E-state index contributed by atoms with van der Waals surface area (Å²) in [7, 11) is 2.08. The lowest BCUT2D eigenvalue weighted by atomic mass is 10.1. The fourth-order valence-corrected chi connectivity index (χ4v) is 1.81. The third-order valence-electron chi connectivity index (χ3n) is 2.81. The Bertz CT molecular complexity index is 485. The fourth-order valence-electron chi connectivity index (χ4n) is 1.81. The second-order valence-corrected chi connectivity index (χ2v) is 3.88. The highest BCUT2D eigenvalue weighted by molar-refractivity contribution is 5.62. The van der Waals surface area contributed by atoms with Gasteiger partial charge in [-0.3, -0.25) is 0 Å². The first-order valence-electron chi connectivity index (χ1n) is 5.58. The van der Waals surface area contributed by atoms with Crippen molar-refractivity contribution in [2.24, 2.45) is 7.05 Å². The van der Waals surface area contributed by atoms with Gasteiger partial charge in [-0.15, -0.1) is 0 Å². The SMILES string of the molecule is CCOc1cccc(-c2ccc(C)n2C)c1. The summed E-state index contributed by atoms with van der Waals surface area (Å²) in [6, 6.07) is 12.5. The van der Waals surface area contributed by atoms with E-state index in [0.29, 0.717) is 6.61 Å². The van der Waals surface area contributed by atoms with E-state index in [1.54, 1.807) is 0 Å². The summed E-state index contributed by atoms with van der Waals surface area (Å²) in [6.45, 7) is 4.81. The van der Waals surface area contributed by atoms with Crippen molar-refractivity contribution in [2.75, 3.05) is 6.61 Å². The standard InChI is InChI=1S/C14H17NO/c1-4-16-13-7-5-6-12(10-13)14-9-8-11(2)15(14)3/h5-10H,4H2,1-3H3. The molecule has 1 aromatic carbocycles. The van der Waals surface area contributed by atoms with Gasteiger partial charge in [-0.2, -0.15) is 0 Å². The minimum Gasteiger partial charge on any atom is -0.494 e. The van der Waals surface area contributed by atoms with E-state index in [1.165, 1.54) is 17.0 Å². The predicted molar refractivity (Wildman–Crippen MR) is 66.8 cm³/mol. The van der Waals surface area contributed by atoms with E-state index < -0.39 is 0 Å². The number of aryl methyl sites for hydroxylation is 1. The topological polar surface area (TPSA) is 14.2 Å². The Hall–Kier alpha value is -1.70. The van der Waals surface area contributed by atoms with Crippen molar-refractivity contribution in [3.05, 3.63) is 42.1 Å². The molecule has 0 fully saturated rings. The molecule has 84 valence electrons. The van der Waals surface area contributed by atoms with Crippen LogP contribution in [-0.4, -0.2) is 11.2 Å². The molecule has 0 unspecified atom stereocenters. The summed E-state index contributed by atoms with van der Waals surface area (Å²) < 4.78 is 7.69. The van der Waals surface area contributed by atoms with Crippen LogP contribution in [0.5, 0.6) is 5.75 Å². The van der Waals surface area contributed by atoms with E-state index in [0.717, 1.165) is 5.75 Å². The molecule has 0 bridgehead atoms. The lowest BCUT2D eigenvalue weighted by Gasteiger charge is -2.08. The van der Waals surface area contributed by atoms with Gasteiger partial charge in [0.1, 0.15) is 5.75 Å². The molecule has 2 aromatic rings. The molecule has 2 nitrogen and oxygen atoms in total. The molecule has 0 radical (unpaired) electrons. The second-order valence-electron chi connectivity index (χ2n) is 3.88. The number of hydrogen-bond donors (Lipinski definition) is 0. The van der Waals surface area contributed by atoms with E-state index >= 15 is 0 Å². The van der Waals surface area contributed by atoms with Crippen LogP contribution in [0.4, 0.5) is 0 Å². The van der Waals surface area contributed by atoms with Crippen LogP contribution in [0.2, 0.25) is 0 Å². The molecule has 0 aliphatic rings. The molecule has 16 heavy (non-hydrogen) atoms. The van der Waals surface area contributed by atoms with Crippen LogP contribution in [0.15, 0.2) is 36.4 Å². The largest absolute Gasteiger partial charge is 0.494 e. The number of benzene rings is 1. The van der Waals surface area contributed by atoms with Crippen LogP contribution in [0.3, 0.4) is 0 Å². The molecular formula is C14H17NO. The maximum Gasteiger partial charge on any atom is 0.119 e. The van der Waals surface area contributed by atoms with Gasteiger partial charge >= 0.3 is 0 Å². The third-order valence-corrected chi connectivity index (χ3v) is 2.81. The Balaban J connectivity index is 2.40. The molecule has 1 aromatic heterocycles. The molecule has 0 aliphatic carbocycles. The Morgan fingerprint density at radius 1 is 1.19 bits per heavy atom. The summed E-state index contributed by atoms with van der Waals surface area (Å²) in [6.07, 6.45) is 0. The van der Waals surface area contributed by atoms with Crippen LogP contribution in [0.25, 0.3) is 11.3 Å². The monoisotopic (exact) mass is 215 g/mol. The fraction of sp³-hybridized carbons (Fsp3) is 0.286. The van der Waals surface area contributed by atoms with Gasteiger partial charge in [-0.1, -0.05) is 12.1 Å². The van der Waals surface area contributed by atoms with Crippen LogP contribution < -0.4 is 4.74 Å². The van der Waals surface area contributed by atoms with Crippen molar-refractivity contribution in [1.29, 1.82) is 0 Å². The smallest absolute Gasteiger partial charge is 0.119 e. The van der Waals surface area contributed by atoms with Gasteiger partial charge in [0, 0.05) is 24.0 Å². The Morgan fingerprint density at radius 2 is 2.00 bits per heavy atom. The van der Waals surface area contributed by atoms with E-state index in [1.807, 2.05) is 19.1 Å². The van der Waals surface area contributed by atoms with Gasteiger partial charge in [-0.25, -0.2) is 0 Å². The zero-order chi connectivity index (χ0) is 11.5. The average molecular weight is 215 g/mol. The molecule has 0 spiro atoms. The number of ether oxygens (including phenoxy) is 1. The first-order chi connectivity index (χ1) is 7.72. The van der Waals surface area contributed by atoms with Crippen LogP contribution in [-0.2, 0) is 7.05 Å². The van der Waals surface area contributed by atoms with E-state index in [9.17, 15) is 0 Å². The van der Waals surface area contributed by atoms with Gasteiger partial charge < -0.3 is 9.30 Å². The normalized spacial score (nSPS) is 10.4. The Labute approximate surface area is 96.5 Å². The molecule has 0 aliphatic heterocycles. The molecule has 1 heterocycles. The quantitative estimate of drug-likeness (QED) is 0.765. The highest BCUT2D eigenvalue weighted by Crippen LogP contribution is 2.25. The maximum absolute atomic E-state index is 5.51.